The summed E-state index contributed by atoms with van der Waals surface area (Å²) in [4.78, 5) is 0. The van der Waals surface area contributed by atoms with E-state index in [1.165, 1.54) is 50.7 Å². The Labute approximate surface area is 128 Å². The van der Waals surface area contributed by atoms with Gasteiger partial charge in [-0.1, -0.05) is 58.8 Å². The Bertz CT molecular complexity index is 373. The van der Waals surface area contributed by atoms with Gasteiger partial charge in [-0.25, -0.2) is 8.78 Å². The lowest BCUT2D eigenvalue weighted by molar-refractivity contribution is 0.469. The molecule has 1 nitrogen and oxygen atoms in total. The largest absolute Gasteiger partial charge is 0.310 e. The van der Waals surface area contributed by atoms with Crippen LogP contribution in [0.3, 0.4) is 0 Å². The Morgan fingerprint density at radius 3 is 2.00 bits per heavy atom. The molecule has 0 saturated heterocycles. The second-order valence-electron chi connectivity index (χ2n) is 5.72. The molecule has 3 heteroatoms. The SMILES string of the molecule is CCCCCCCCCC(NCC)c1cc(F)cc(F)c1. The van der Waals surface area contributed by atoms with Crippen molar-refractivity contribution < 1.29 is 8.78 Å². The molecule has 1 unspecified atom stereocenters. The maximum absolute atomic E-state index is 13.3. The molecule has 1 atom stereocenters. The molecule has 0 aliphatic heterocycles. The van der Waals surface area contributed by atoms with Crippen LogP contribution in [0.15, 0.2) is 18.2 Å². The Balaban J connectivity index is 2.39. The average molecular weight is 297 g/mol. The number of halogens is 2. The molecule has 1 aromatic carbocycles. The minimum atomic E-state index is -0.493. The minimum Gasteiger partial charge on any atom is -0.310 e. The summed E-state index contributed by atoms with van der Waals surface area (Å²) in [5.74, 6) is -0.986. The highest BCUT2D eigenvalue weighted by atomic mass is 19.1. The Hall–Kier alpha value is -0.960. The van der Waals surface area contributed by atoms with E-state index in [1.54, 1.807) is 0 Å². The number of rotatable bonds is 11. The maximum Gasteiger partial charge on any atom is 0.126 e. The molecule has 1 rings (SSSR count). The molecule has 0 fully saturated rings. The number of nitrogens with one attached hydrogen (secondary N) is 1. The number of hydrogen-bond acceptors (Lipinski definition) is 1. The lowest BCUT2D eigenvalue weighted by atomic mass is 9.99. The smallest absolute Gasteiger partial charge is 0.126 e. The fraction of sp³-hybridized carbons (Fsp3) is 0.667. The van der Waals surface area contributed by atoms with Gasteiger partial charge in [-0.05, 0) is 30.7 Å². The van der Waals surface area contributed by atoms with Crippen LogP contribution in [-0.2, 0) is 0 Å². The van der Waals surface area contributed by atoms with Crippen LogP contribution in [0.25, 0.3) is 0 Å². The second kappa shape index (κ2) is 10.7. The monoisotopic (exact) mass is 297 g/mol. The van der Waals surface area contributed by atoms with Crippen LogP contribution < -0.4 is 5.32 Å². The zero-order valence-corrected chi connectivity index (χ0v) is 13.4. The molecule has 0 radical (unpaired) electrons. The van der Waals surface area contributed by atoms with Crippen molar-refractivity contribution in [2.75, 3.05) is 6.54 Å². The molecule has 0 aromatic heterocycles. The summed E-state index contributed by atoms with van der Waals surface area (Å²) in [5.41, 5.74) is 0.723. The van der Waals surface area contributed by atoms with Gasteiger partial charge in [-0.15, -0.1) is 0 Å². The fourth-order valence-corrected chi connectivity index (χ4v) is 2.71. The van der Waals surface area contributed by atoms with Crippen LogP contribution in [0, 0.1) is 11.6 Å². The van der Waals surface area contributed by atoms with Gasteiger partial charge in [0, 0.05) is 12.1 Å². The average Bonchev–Trinajstić information content (AvgIpc) is 2.44. The van der Waals surface area contributed by atoms with E-state index in [0.717, 1.165) is 31.0 Å². The third-order valence-corrected chi connectivity index (χ3v) is 3.83. The highest BCUT2D eigenvalue weighted by molar-refractivity contribution is 5.21. The molecule has 0 amide bonds. The molecule has 1 N–H and O–H groups in total. The summed E-state index contributed by atoms with van der Waals surface area (Å²) >= 11 is 0. The molecule has 0 aliphatic rings. The Kier molecular flexibility index (Phi) is 9.24. The molecule has 1 aromatic rings. The van der Waals surface area contributed by atoms with Gasteiger partial charge >= 0.3 is 0 Å². The molecule has 0 bridgehead atoms. The lowest BCUT2D eigenvalue weighted by Crippen LogP contribution is -2.21. The standard InChI is InChI=1S/C18H29F2N/c1-3-5-6-7-8-9-10-11-18(21-4-2)15-12-16(19)14-17(20)13-15/h12-14,18,21H,3-11H2,1-2H3. The lowest BCUT2D eigenvalue weighted by Gasteiger charge is -2.18. The van der Waals surface area contributed by atoms with Gasteiger partial charge in [0.15, 0.2) is 0 Å². The van der Waals surface area contributed by atoms with Gasteiger partial charge in [0.2, 0.25) is 0 Å². The van der Waals surface area contributed by atoms with Crippen LogP contribution in [-0.4, -0.2) is 6.54 Å². The zero-order valence-electron chi connectivity index (χ0n) is 13.4. The van der Waals surface area contributed by atoms with Gasteiger partial charge < -0.3 is 5.32 Å². The fourth-order valence-electron chi connectivity index (χ4n) is 2.71. The predicted molar refractivity (Wildman–Crippen MR) is 85.4 cm³/mol. The molecule has 120 valence electrons. The van der Waals surface area contributed by atoms with E-state index in [2.05, 4.69) is 12.2 Å². The van der Waals surface area contributed by atoms with Crippen LogP contribution >= 0.6 is 0 Å². The summed E-state index contributed by atoms with van der Waals surface area (Å²) in [7, 11) is 0. The van der Waals surface area contributed by atoms with Crippen LogP contribution in [0.5, 0.6) is 0 Å². The highest BCUT2D eigenvalue weighted by Crippen LogP contribution is 2.22. The van der Waals surface area contributed by atoms with Crippen molar-refractivity contribution in [3.63, 3.8) is 0 Å². The van der Waals surface area contributed by atoms with Gasteiger partial charge in [-0.2, -0.15) is 0 Å². The van der Waals surface area contributed by atoms with Crippen molar-refractivity contribution >= 4 is 0 Å². The number of hydrogen-bond donors (Lipinski definition) is 1. The van der Waals surface area contributed by atoms with Crippen LogP contribution in [0.1, 0.15) is 76.8 Å². The van der Waals surface area contributed by atoms with Crippen molar-refractivity contribution in [3.05, 3.63) is 35.4 Å². The molecule has 0 aliphatic carbocycles. The molecule has 0 heterocycles. The van der Waals surface area contributed by atoms with Crippen LogP contribution in [0.2, 0.25) is 0 Å². The van der Waals surface area contributed by atoms with Gasteiger partial charge in [0.1, 0.15) is 11.6 Å². The van der Waals surface area contributed by atoms with Crippen molar-refractivity contribution in [1.82, 2.24) is 5.32 Å². The second-order valence-corrected chi connectivity index (χ2v) is 5.72. The van der Waals surface area contributed by atoms with Crippen molar-refractivity contribution in [2.24, 2.45) is 0 Å². The van der Waals surface area contributed by atoms with E-state index in [-0.39, 0.29) is 6.04 Å². The molecule has 0 saturated carbocycles. The first-order chi connectivity index (χ1) is 10.2. The first kappa shape index (κ1) is 18.1. The quantitative estimate of drug-likeness (QED) is 0.512. The number of unbranched alkanes of at least 4 members (excludes halogenated alkanes) is 6. The maximum atomic E-state index is 13.3. The first-order valence-electron chi connectivity index (χ1n) is 8.36. The molecule has 21 heavy (non-hydrogen) atoms. The summed E-state index contributed by atoms with van der Waals surface area (Å²) < 4.78 is 26.6. The van der Waals surface area contributed by atoms with Crippen LogP contribution in [0.4, 0.5) is 8.78 Å². The summed E-state index contributed by atoms with van der Waals surface area (Å²) in [6.45, 7) is 5.05. The van der Waals surface area contributed by atoms with Crippen molar-refractivity contribution in [1.29, 1.82) is 0 Å². The molecule has 0 spiro atoms. The van der Waals surface area contributed by atoms with E-state index in [0.29, 0.717) is 0 Å². The van der Waals surface area contributed by atoms with E-state index in [1.807, 2.05) is 6.92 Å². The van der Waals surface area contributed by atoms with Crippen molar-refractivity contribution in [3.8, 4) is 0 Å². The predicted octanol–water partition coefficient (Wildman–Crippen LogP) is 5.76. The van der Waals surface area contributed by atoms with Gasteiger partial charge in [0.05, 0.1) is 0 Å². The third kappa shape index (κ3) is 7.56. The van der Waals surface area contributed by atoms with E-state index >= 15 is 0 Å². The third-order valence-electron chi connectivity index (χ3n) is 3.83. The molecular weight excluding hydrogens is 268 g/mol. The van der Waals surface area contributed by atoms with Gasteiger partial charge in [-0.3, -0.25) is 0 Å². The van der Waals surface area contributed by atoms with Gasteiger partial charge in [0.25, 0.3) is 0 Å². The van der Waals surface area contributed by atoms with Crippen molar-refractivity contribution in [2.45, 2.75) is 71.3 Å². The minimum absolute atomic E-state index is 0.0517. The highest BCUT2D eigenvalue weighted by Gasteiger charge is 2.12. The summed E-state index contributed by atoms with van der Waals surface area (Å²) in [5, 5.41) is 3.33. The zero-order chi connectivity index (χ0) is 15.5. The van der Waals surface area contributed by atoms with E-state index < -0.39 is 11.6 Å². The molecular formula is C18H29F2N. The van der Waals surface area contributed by atoms with E-state index in [4.69, 9.17) is 0 Å². The Morgan fingerprint density at radius 2 is 1.43 bits per heavy atom. The normalized spacial score (nSPS) is 12.6. The number of benzene rings is 1. The summed E-state index contributed by atoms with van der Waals surface area (Å²) in [6, 6.07) is 3.87. The van der Waals surface area contributed by atoms with E-state index in [9.17, 15) is 8.78 Å². The summed E-state index contributed by atoms with van der Waals surface area (Å²) in [6.07, 6.45) is 9.71. The first-order valence-corrected chi connectivity index (χ1v) is 8.36. The topological polar surface area (TPSA) is 12.0 Å². The Morgan fingerprint density at radius 1 is 0.857 bits per heavy atom.